The van der Waals surface area contributed by atoms with E-state index in [1.54, 1.807) is 0 Å². The normalized spacial score (nSPS) is 12.2. The van der Waals surface area contributed by atoms with Crippen LogP contribution in [0, 0.1) is 0 Å². The molecule has 1 atom stereocenters. The lowest BCUT2D eigenvalue weighted by Crippen LogP contribution is -2.37. The van der Waals surface area contributed by atoms with E-state index in [4.69, 9.17) is 0 Å². The number of nitrogens with one attached hydrogen (secondary N) is 1. The first kappa shape index (κ1) is 43.6. The maximum Gasteiger partial charge on any atom is 0.257 e. The Hall–Kier alpha value is -1.57. The van der Waals surface area contributed by atoms with Crippen molar-refractivity contribution in [2.45, 2.75) is 245 Å². The second-order valence-corrected chi connectivity index (χ2v) is 15.8. The molecule has 1 heterocycles. The van der Waals surface area contributed by atoms with Gasteiger partial charge in [0, 0.05) is 0 Å². The first-order chi connectivity index (χ1) is 24.3. The third-order valence-corrected chi connectivity index (χ3v) is 11.2. The van der Waals surface area contributed by atoms with Crippen LogP contribution in [0.25, 0.3) is 0 Å². The van der Waals surface area contributed by atoms with Crippen LogP contribution in [0.3, 0.4) is 0 Å². The van der Waals surface area contributed by atoms with Crippen molar-refractivity contribution in [3.8, 4) is 0 Å². The number of hydrogen-bond donors (Lipinski definition) is 1. The van der Waals surface area contributed by atoms with E-state index in [1.807, 2.05) is 0 Å². The van der Waals surface area contributed by atoms with E-state index in [0.717, 1.165) is 6.54 Å². The molecular formula is C47H85N2+. The van der Waals surface area contributed by atoms with Crippen molar-refractivity contribution in [2.24, 2.45) is 0 Å². The molecule has 0 radical (unpaired) electrons. The van der Waals surface area contributed by atoms with Crippen LogP contribution >= 0.6 is 0 Å². The molecule has 2 nitrogen and oxygen atoms in total. The summed E-state index contributed by atoms with van der Waals surface area (Å²) >= 11 is 0. The Morgan fingerprint density at radius 3 is 1.20 bits per heavy atom. The quantitative estimate of drug-likeness (QED) is 0.0542. The second-order valence-electron chi connectivity index (χ2n) is 15.8. The maximum absolute atomic E-state index is 3.72. The summed E-state index contributed by atoms with van der Waals surface area (Å²) in [5.74, 6) is 2.19. The molecule has 0 aliphatic carbocycles. The Morgan fingerprint density at radius 2 is 0.816 bits per heavy atom. The smallest absolute Gasteiger partial charge is 0.247 e. The zero-order valence-corrected chi connectivity index (χ0v) is 33.3. The van der Waals surface area contributed by atoms with Gasteiger partial charge >= 0.3 is 0 Å². The van der Waals surface area contributed by atoms with Crippen LogP contribution in [-0.2, 0) is 13.0 Å². The average molecular weight is 678 g/mol. The van der Waals surface area contributed by atoms with E-state index in [9.17, 15) is 0 Å². The summed E-state index contributed by atoms with van der Waals surface area (Å²) < 4.78 is 2.56. The molecule has 0 saturated heterocycles. The van der Waals surface area contributed by atoms with E-state index >= 15 is 0 Å². The van der Waals surface area contributed by atoms with Gasteiger partial charge < -0.3 is 0 Å². The van der Waals surface area contributed by atoms with Gasteiger partial charge in [0.25, 0.3) is 5.82 Å². The van der Waals surface area contributed by atoms with Gasteiger partial charge in [-0.3, -0.25) is 0 Å². The third kappa shape index (κ3) is 25.1. The van der Waals surface area contributed by atoms with Gasteiger partial charge in [-0.25, -0.2) is 9.55 Å². The second kappa shape index (κ2) is 33.6. The molecule has 0 bridgehead atoms. The zero-order valence-electron chi connectivity index (χ0n) is 33.3. The minimum Gasteiger partial charge on any atom is -0.247 e. The molecule has 2 rings (SSSR count). The lowest BCUT2D eigenvalue weighted by Gasteiger charge is -2.14. The van der Waals surface area contributed by atoms with Crippen molar-refractivity contribution >= 4 is 0 Å². The topological polar surface area (TPSA) is 19.7 Å². The molecule has 1 N–H and O–H groups in total. The summed E-state index contributed by atoms with van der Waals surface area (Å²) in [5, 5.41) is 0. The van der Waals surface area contributed by atoms with Crippen LogP contribution in [0.1, 0.15) is 243 Å². The Kier molecular flexibility index (Phi) is 29.9. The highest BCUT2D eigenvalue weighted by Gasteiger charge is 2.22. The van der Waals surface area contributed by atoms with Gasteiger partial charge in [-0.2, -0.15) is 0 Å². The van der Waals surface area contributed by atoms with E-state index in [0.29, 0.717) is 5.92 Å². The van der Waals surface area contributed by atoms with Crippen LogP contribution < -0.4 is 4.57 Å². The molecule has 1 unspecified atom stereocenters. The van der Waals surface area contributed by atoms with Crippen molar-refractivity contribution in [1.29, 1.82) is 0 Å². The molecule has 0 aliphatic rings. The summed E-state index contributed by atoms with van der Waals surface area (Å²) in [4.78, 5) is 3.72. The third-order valence-electron chi connectivity index (χ3n) is 11.2. The molecule has 0 amide bonds. The van der Waals surface area contributed by atoms with Gasteiger partial charge in [0.15, 0.2) is 0 Å². The molecule has 49 heavy (non-hydrogen) atoms. The van der Waals surface area contributed by atoms with Gasteiger partial charge in [-0.1, -0.05) is 237 Å². The zero-order chi connectivity index (χ0) is 34.7. The number of benzene rings is 1. The molecule has 1 aromatic heterocycles. The Balaban J connectivity index is 1.60. The number of aromatic nitrogens is 2. The van der Waals surface area contributed by atoms with Crippen molar-refractivity contribution in [3.63, 3.8) is 0 Å². The summed E-state index contributed by atoms with van der Waals surface area (Å²) in [6.07, 6.45) is 52.9. The highest BCUT2D eigenvalue weighted by Crippen LogP contribution is 2.26. The van der Waals surface area contributed by atoms with Gasteiger partial charge in [-0.15, -0.1) is 0 Å². The summed E-state index contributed by atoms with van der Waals surface area (Å²) in [6.45, 7) is 5.75. The van der Waals surface area contributed by atoms with Gasteiger partial charge in [0.1, 0.15) is 12.4 Å². The Morgan fingerprint density at radius 1 is 0.449 bits per heavy atom. The number of nitrogens with zero attached hydrogens (tertiary/aromatic N) is 1. The van der Waals surface area contributed by atoms with Crippen LogP contribution in [0.4, 0.5) is 0 Å². The van der Waals surface area contributed by atoms with Crippen LogP contribution in [-0.4, -0.2) is 4.98 Å². The predicted molar refractivity (Wildman–Crippen MR) is 218 cm³/mol. The summed E-state index contributed by atoms with van der Waals surface area (Å²) in [6, 6.07) is 11.0. The minimum atomic E-state index is 0.690. The van der Waals surface area contributed by atoms with E-state index in [2.05, 4.69) is 66.1 Å². The highest BCUT2D eigenvalue weighted by atomic mass is 15.1. The van der Waals surface area contributed by atoms with Gasteiger partial charge in [0.2, 0.25) is 0 Å². The van der Waals surface area contributed by atoms with E-state index in [1.165, 1.54) is 230 Å². The number of aryl methyl sites for hydroxylation is 2. The fourth-order valence-electron chi connectivity index (χ4n) is 7.96. The van der Waals surface area contributed by atoms with E-state index < -0.39 is 0 Å². The van der Waals surface area contributed by atoms with Gasteiger partial charge in [-0.05, 0) is 31.2 Å². The van der Waals surface area contributed by atoms with Crippen LogP contribution in [0.5, 0.6) is 0 Å². The first-order valence-corrected chi connectivity index (χ1v) is 22.5. The molecule has 0 saturated carbocycles. The molecule has 1 aromatic carbocycles. The lowest BCUT2D eigenvalue weighted by molar-refractivity contribution is -0.704. The molecule has 0 spiro atoms. The number of imidazole rings is 1. The van der Waals surface area contributed by atoms with E-state index in [-0.39, 0.29) is 0 Å². The van der Waals surface area contributed by atoms with Gasteiger partial charge in [0.05, 0.1) is 12.5 Å². The number of unbranched alkanes of at least 4 members (excludes halogenated alkanes) is 28. The lowest BCUT2D eigenvalue weighted by atomic mass is 9.93. The van der Waals surface area contributed by atoms with Crippen LogP contribution in [0.15, 0.2) is 42.7 Å². The Bertz CT molecular complexity index is 917. The largest absolute Gasteiger partial charge is 0.257 e. The SMILES string of the molecule is CCCCCCCCCCCCCCCCCCC(CCCCCCCCCCCCCCCC)c1[nH]cc[n+]1CCCc1ccccc1. The minimum absolute atomic E-state index is 0.690. The van der Waals surface area contributed by atoms with Crippen molar-refractivity contribution in [3.05, 3.63) is 54.1 Å². The highest BCUT2D eigenvalue weighted by molar-refractivity contribution is 5.14. The average Bonchev–Trinajstić information content (AvgIpc) is 3.59. The van der Waals surface area contributed by atoms with Crippen molar-refractivity contribution in [2.75, 3.05) is 0 Å². The molecular weight excluding hydrogens is 593 g/mol. The number of rotatable bonds is 37. The summed E-state index contributed by atoms with van der Waals surface area (Å²) in [5.41, 5.74) is 1.47. The monoisotopic (exact) mass is 678 g/mol. The Labute approximate surface area is 307 Å². The molecule has 282 valence electrons. The summed E-state index contributed by atoms with van der Waals surface area (Å²) in [7, 11) is 0. The van der Waals surface area contributed by atoms with Crippen LogP contribution in [0.2, 0.25) is 0 Å². The first-order valence-electron chi connectivity index (χ1n) is 22.5. The molecule has 0 aliphatic heterocycles. The fraction of sp³-hybridized carbons (Fsp3) is 0.809. The van der Waals surface area contributed by atoms with Crippen molar-refractivity contribution in [1.82, 2.24) is 4.98 Å². The number of H-pyrrole nitrogens is 1. The molecule has 0 fully saturated rings. The van der Waals surface area contributed by atoms with Crippen molar-refractivity contribution < 1.29 is 4.57 Å². The number of hydrogen-bond acceptors (Lipinski definition) is 0. The fourth-order valence-corrected chi connectivity index (χ4v) is 7.96. The molecule has 2 aromatic rings. The maximum atomic E-state index is 3.72. The number of aromatic amines is 1. The molecule has 2 heteroatoms. The standard InChI is InChI=1S/C47H84N2/c1-3-5-7-9-11-13-15-17-19-20-22-24-26-28-30-35-41-46(40-34-29-27-25-23-21-18-16-14-12-10-8-6-4-2)47-48-42-44-49(47)43-36-39-45-37-32-31-33-38-45/h31-33,37-38,42,44,46H,3-30,34-36,39-41,43H2,1-2H3/p+1. The predicted octanol–water partition coefficient (Wildman–Crippen LogP) is 15.5.